The van der Waals surface area contributed by atoms with E-state index in [4.69, 9.17) is 21.1 Å². The molecule has 0 saturated carbocycles. The van der Waals surface area contributed by atoms with Crippen molar-refractivity contribution in [3.8, 4) is 0 Å². The van der Waals surface area contributed by atoms with Crippen LogP contribution in [-0.4, -0.2) is 11.1 Å². The molecule has 0 atom stereocenters. The molecule has 5 heteroatoms. The van der Waals surface area contributed by atoms with Gasteiger partial charge < -0.3 is 9.52 Å². The first kappa shape index (κ1) is 13.1. The van der Waals surface area contributed by atoms with Gasteiger partial charge in [-0.05, 0) is 30.7 Å². The number of aryl methyl sites for hydroxylation is 1. The van der Waals surface area contributed by atoms with Crippen LogP contribution in [-0.2, 0) is 5.75 Å². The Morgan fingerprint density at radius 1 is 1.44 bits per heavy atom. The maximum absolute atomic E-state index is 10.8. The van der Waals surface area contributed by atoms with E-state index in [0.717, 1.165) is 16.2 Å². The summed E-state index contributed by atoms with van der Waals surface area (Å²) >= 11 is 7.66. The number of rotatable bonds is 4. The van der Waals surface area contributed by atoms with E-state index < -0.39 is 5.97 Å². The number of carboxylic acid groups (broad SMARTS) is 1. The van der Waals surface area contributed by atoms with E-state index in [1.807, 2.05) is 13.0 Å². The number of hydrogen-bond donors (Lipinski definition) is 1. The molecule has 2 rings (SSSR count). The molecule has 1 heterocycles. The van der Waals surface area contributed by atoms with Crippen LogP contribution >= 0.6 is 23.4 Å². The molecule has 1 aromatic heterocycles. The van der Waals surface area contributed by atoms with Gasteiger partial charge in [0.15, 0.2) is 0 Å². The second-order valence-electron chi connectivity index (χ2n) is 3.74. The Hall–Kier alpha value is -1.39. The fourth-order valence-electron chi connectivity index (χ4n) is 1.48. The lowest BCUT2D eigenvalue weighted by Crippen LogP contribution is -1.96. The molecule has 0 saturated heterocycles. The molecule has 3 nitrogen and oxygen atoms in total. The van der Waals surface area contributed by atoms with Crippen molar-refractivity contribution >= 4 is 29.3 Å². The van der Waals surface area contributed by atoms with Gasteiger partial charge in [0, 0.05) is 15.7 Å². The van der Waals surface area contributed by atoms with Gasteiger partial charge in [-0.1, -0.05) is 17.7 Å². The third-order valence-corrected chi connectivity index (χ3v) is 4.04. The van der Waals surface area contributed by atoms with E-state index in [-0.39, 0.29) is 5.56 Å². The van der Waals surface area contributed by atoms with E-state index in [1.54, 1.807) is 30.2 Å². The summed E-state index contributed by atoms with van der Waals surface area (Å²) in [5.74, 6) is 0.583. The normalized spacial score (nSPS) is 10.6. The van der Waals surface area contributed by atoms with Crippen molar-refractivity contribution in [1.29, 1.82) is 0 Å². The fourth-order valence-corrected chi connectivity index (χ4v) is 2.77. The second kappa shape index (κ2) is 5.50. The molecule has 0 radical (unpaired) electrons. The fraction of sp³-hybridized carbons (Fsp3) is 0.154. The summed E-state index contributed by atoms with van der Waals surface area (Å²) in [6.45, 7) is 1.90. The maximum atomic E-state index is 10.8. The third kappa shape index (κ3) is 2.89. The summed E-state index contributed by atoms with van der Waals surface area (Å²) in [6.07, 6.45) is 1.65. The van der Waals surface area contributed by atoms with E-state index in [2.05, 4.69) is 0 Å². The number of carbonyl (C=O) groups is 1. The second-order valence-corrected chi connectivity index (χ2v) is 5.17. The van der Waals surface area contributed by atoms with Crippen LogP contribution in [0.5, 0.6) is 0 Å². The van der Waals surface area contributed by atoms with E-state index in [1.165, 1.54) is 6.07 Å². The van der Waals surface area contributed by atoms with Gasteiger partial charge in [-0.25, -0.2) is 4.79 Å². The van der Waals surface area contributed by atoms with E-state index >= 15 is 0 Å². The lowest BCUT2D eigenvalue weighted by molar-refractivity contribution is 0.0697. The average molecular weight is 283 g/mol. The van der Waals surface area contributed by atoms with Crippen LogP contribution in [0.1, 0.15) is 21.7 Å². The molecule has 0 unspecified atom stereocenters. The predicted molar refractivity (Wildman–Crippen MR) is 71.4 cm³/mol. The highest BCUT2D eigenvalue weighted by atomic mass is 35.5. The van der Waals surface area contributed by atoms with Crippen LogP contribution < -0.4 is 0 Å². The monoisotopic (exact) mass is 282 g/mol. The molecule has 94 valence electrons. The molecule has 18 heavy (non-hydrogen) atoms. The molecule has 0 aliphatic carbocycles. The third-order valence-electron chi connectivity index (χ3n) is 2.49. The quantitative estimate of drug-likeness (QED) is 0.853. The molecule has 2 aromatic rings. The first-order valence-corrected chi connectivity index (χ1v) is 6.63. The molecule has 1 aromatic carbocycles. The molecular weight excluding hydrogens is 272 g/mol. The number of carboxylic acids is 1. The molecule has 0 bridgehead atoms. The lowest BCUT2D eigenvalue weighted by atomic mass is 10.1. The minimum absolute atomic E-state index is 0.202. The molecule has 1 N–H and O–H groups in total. The summed E-state index contributed by atoms with van der Waals surface area (Å²) in [5.41, 5.74) is 1.11. The van der Waals surface area contributed by atoms with Gasteiger partial charge in [0.2, 0.25) is 0 Å². The van der Waals surface area contributed by atoms with Crippen LogP contribution in [0.25, 0.3) is 0 Å². The summed E-state index contributed by atoms with van der Waals surface area (Å²) in [4.78, 5) is 11.8. The Kier molecular flexibility index (Phi) is 3.99. The first-order chi connectivity index (χ1) is 8.58. The zero-order valence-electron chi connectivity index (χ0n) is 9.64. The smallest absolute Gasteiger partial charge is 0.335 e. The van der Waals surface area contributed by atoms with Crippen molar-refractivity contribution in [3.05, 3.63) is 52.4 Å². The molecule has 0 fully saturated rings. The lowest BCUT2D eigenvalue weighted by Gasteiger charge is -2.04. The molecule has 0 aliphatic rings. The van der Waals surface area contributed by atoms with Crippen molar-refractivity contribution in [1.82, 2.24) is 0 Å². The van der Waals surface area contributed by atoms with Gasteiger partial charge in [0.25, 0.3) is 0 Å². The molecule has 0 amide bonds. The largest absolute Gasteiger partial charge is 0.478 e. The highest BCUT2D eigenvalue weighted by molar-refractivity contribution is 7.98. The predicted octanol–water partition coefficient (Wildman–Crippen LogP) is 4.23. The van der Waals surface area contributed by atoms with Gasteiger partial charge in [-0.15, -0.1) is 11.8 Å². The molecule has 0 spiro atoms. The number of furan rings is 1. The Balaban J connectivity index is 2.11. The highest BCUT2D eigenvalue weighted by Crippen LogP contribution is 2.29. The van der Waals surface area contributed by atoms with Crippen LogP contribution in [0.15, 0.2) is 39.8 Å². The van der Waals surface area contributed by atoms with Crippen molar-refractivity contribution in [2.24, 2.45) is 0 Å². The number of halogens is 1. The Morgan fingerprint density at radius 2 is 2.22 bits per heavy atom. The molecule has 0 aliphatic heterocycles. The highest BCUT2D eigenvalue weighted by Gasteiger charge is 2.08. The summed E-state index contributed by atoms with van der Waals surface area (Å²) in [5, 5.41) is 9.32. The SMILES string of the molecule is Cc1occc1SCc1ccc(C(=O)O)cc1Cl. The van der Waals surface area contributed by atoms with Crippen molar-refractivity contribution in [2.75, 3.05) is 0 Å². The molecular formula is C13H11ClO3S. The topological polar surface area (TPSA) is 50.4 Å². The number of aromatic carboxylic acids is 1. The van der Waals surface area contributed by atoms with Crippen LogP contribution in [0.2, 0.25) is 5.02 Å². The van der Waals surface area contributed by atoms with Gasteiger partial charge in [-0.3, -0.25) is 0 Å². The first-order valence-electron chi connectivity index (χ1n) is 5.26. The Bertz CT molecular complexity index is 577. The van der Waals surface area contributed by atoms with Crippen LogP contribution in [0.3, 0.4) is 0 Å². The van der Waals surface area contributed by atoms with Crippen molar-refractivity contribution in [2.45, 2.75) is 17.6 Å². The van der Waals surface area contributed by atoms with E-state index in [9.17, 15) is 4.79 Å². The number of thioether (sulfide) groups is 1. The minimum atomic E-state index is -0.971. The van der Waals surface area contributed by atoms with Gasteiger partial charge >= 0.3 is 5.97 Å². The van der Waals surface area contributed by atoms with Gasteiger partial charge in [0.05, 0.1) is 11.8 Å². The van der Waals surface area contributed by atoms with Crippen LogP contribution in [0, 0.1) is 6.92 Å². The Labute approximate surface area is 114 Å². The van der Waals surface area contributed by atoms with Gasteiger partial charge in [0.1, 0.15) is 5.76 Å². The summed E-state index contributed by atoms with van der Waals surface area (Å²) in [6, 6.07) is 6.68. The van der Waals surface area contributed by atoms with Crippen molar-refractivity contribution in [3.63, 3.8) is 0 Å². The standard InChI is InChI=1S/C13H11ClO3S/c1-8-12(4-5-17-8)18-7-10-3-2-9(13(15)16)6-11(10)14/h2-6H,7H2,1H3,(H,15,16). The summed E-state index contributed by atoms with van der Waals surface area (Å²) < 4.78 is 5.20. The number of benzene rings is 1. The van der Waals surface area contributed by atoms with Crippen LogP contribution in [0.4, 0.5) is 0 Å². The summed E-state index contributed by atoms with van der Waals surface area (Å²) in [7, 11) is 0. The average Bonchev–Trinajstić information content (AvgIpc) is 2.73. The zero-order valence-corrected chi connectivity index (χ0v) is 11.2. The number of hydrogen-bond acceptors (Lipinski definition) is 3. The van der Waals surface area contributed by atoms with Crippen molar-refractivity contribution < 1.29 is 14.3 Å². The minimum Gasteiger partial charge on any atom is -0.478 e. The Morgan fingerprint density at radius 3 is 2.78 bits per heavy atom. The van der Waals surface area contributed by atoms with Gasteiger partial charge in [-0.2, -0.15) is 0 Å². The van der Waals surface area contributed by atoms with E-state index in [0.29, 0.717) is 10.8 Å². The maximum Gasteiger partial charge on any atom is 0.335 e. The zero-order chi connectivity index (χ0) is 13.1.